The van der Waals surface area contributed by atoms with Gasteiger partial charge in [0.15, 0.2) is 0 Å². The third kappa shape index (κ3) is 3.36. The molecule has 3 N–H and O–H groups in total. The Kier molecular flexibility index (Phi) is 4.38. The van der Waals surface area contributed by atoms with Crippen LogP contribution in [-0.2, 0) is 6.54 Å². The Balaban J connectivity index is 2.17. The van der Waals surface area contributed by atoms with Crippen molar-refractivity contribution in [2.45, 2.75) is 6.54 Å². The van der Waals surface area contributed by atoms with Gasteiger partial charge in [0.25, 0.3) is 5.91 Å². The number of nitrogens with two attached hydrogens (primary N) is 1. The Bertz CT molecular complexity index is 608. The van der Waals surface area contributed by atoms with Crippen molar-refractivity contribution in [1.82, 2.24) is 0 Å². The Morgan fingerprint density at radius 2 is 1.90 bits per heavy atom. The maximum absolute atomic E-state index is 12.2. The third-order valence-corrected chi connectivity index (χ3v) is 3.05. The minimum Gasteiger partial charge on any atom is -0.378 e. The number of hydrogen-bond donors (Lipinski definition) is 2. The van der Waals surface area contributed by atoms with E-state index in [4.69, 9.17) is 5.73 Å². The molecule has 0 unspecified atom stereocenters. The number of nitrogens with one attached hydrogen (secondary N) is 1. The summed E-state index contributed by atoms with van der Waals surface area (Å²) in [6.45, 7) is 0.458. The van der Waals surface area contributed by atoms with Gasteiger partial charge in [0, 0.05) is 37.6 Å². The smallest absolute Gasteiger partial charge is 0.255 e. The summed E-state index contributed by atoms with van der Waals surface area (Å²) >= 11 is 0. The molecule has 1 amide bonds. The van der Waals surface area contributed by atoms with E-state index in [0.717, 1.165) is 16.9 Å². The molecule has 0 heterocycles. The molecule has 0 aliphatic carbocycles. The first-order valence-corrected chi connectivity index (χ1v) is 6.48. The van der Waals surface area contributed by atoms with Crippen molar-refractivity contribution in [2.24, 2.45) is 5.73 Å². The van der Waals surface area contributed by atoms with Crippen LogP contribution < -0.4 is 16.0 Å². The highest BCUT2D eigenvalue weighted by molar-refractivity contribution is 6.04. The van der Waals surface area contributed by atoms with Gasteiger partial charge in [0.1, 0.15) is 0 Å². The van der Waals surface area contributed by atoms with Gasteiger partial charge >= 0.3 is 0 Å². The zero-order valence-corrected chi connectivity index (χ0v) is 11.8. The lowest BCUT2D eigenvalue weighted by Gasteiger charge is -2.13. The van der Waals surface area contributed by atoms with E-state index in [1.807, 2.05) is 61.5 Å². The fraction of sp³-hybridized carbons (Fsp3) is 0.188. The molecular formula is C16H19N3O. The molecule has 4 heteroatoms. The Morgan fingerprint density at radius 3 is 2.60 bits per heavy atom. The van der Waals surface area contributed by atoms with Crippen LogP contribution in [0.15, 0.2) is 48.5 Å². The second-order valence-corrected chi connectivity index (χ2v) is 4.80. The fourth-order valence-electron chi connectivity index (χ4n) is 1.90. The number of carbonyl (C=O) groups is 1. The van der Waals surface area contributed by atoms with E-state index < -0.39 is 0 Å². The van der Waals surface area contributed by atoms with Crippen molar-refractivity contribution >= 4 is 17.3 Å². The monoisotopic (exact) mass is 269 g/mol. The Labute approximate surface area is 119 Å². The number of benzene rings is 2. The summed E-state index contributed by atoms with van der Waals surface area (Å²) in [4.78, 5) is 14.2. The van der Waals surface area contributed by atoms with Crippen molar-refractivity contribution in [2.75, 3.05) is 24.3 Å². The molecule has 0 saturated heterocycles. The summed E-state index contributed by atoms with van der Waals surface area (Å²) in [5.74, 6) is -0.122. The summed E-state index contributed by atoms with van der Waals surface area (Å²) < 4.78 is 0. The van der Waals surface area contributed by atoms with E-state index in [2.05, 4.69) is 5.32 Å². The summed E-state index contributed by atoms with van der Waals surface area (Å²) in [5.41, 5.74) is 8.97. The molecule has 0 bridgehead atoms. The Morgan fingerprint density at radius 1 is 1.15 bits per heavy atom. The lowest BCUT2D eigenvalue weighted by atomic mass is 10.1. The average Bonchev–Trinajstić information content (AvgIpc) is 2.47. The topological polar surface area (TPSA) is 58.4 Å². The molecule has 104 valence electrons. The first kappa shape index (κ1) is 14.1. The predicted molar refractivity (Wildman–Crippen MR) is 83.1 cm³/mol. The van der Waals surface area contributed by atoms with Crippen LogP contribution in [0, 0.1) is 0 Å². The van der Waals surface area contributed by atoms with Crippen LogP contribution in [0.1, 0.15) is 15.9 Å². The number of hydrogen-bond acceptors (Lipinski definition) is 3. The maximum atomic E-state index is 12.2. The first-order valence-electron chi connectivity index (χ1n) is 6.48. The van der Waals surface area contributed by atoms with Gasteiger partial charge in [0.2, 0.25) is 0 Å². The summed E-state index contributed by atoms with van der Waals surface area (Å²) in [6.07, 6.45) is 0. The molecule has 2 rings (SSSR count). The standard InChI is InChI=1S/C16H19N3O/c1-19(2)15-8-4-6-13(10-15)16(20)18-14-7-3-5-12(9-14)11-17/h3-10H,11,17H2,1-2H3,(H,18,20). The van der Waals surface area contributed by atoms with E-state index in [-0.39, 0.29) is 5.91 Å². The van der Waals surface area contributed by atoms with Gasteiger partial charge in [-0.25, -0.2) is 0 Å². The molecule has 4 nitrogen and oxygen atoms in total. The molecular weight excluding hydrogens is 250 g/mol. The quantitative estimate of drug-likeness (QED) is 0.896. The molecule has 0 spiro atoms. The minimum atomic E-state index is -0.122. The summed E-state index contributed by atoms with van der Waals surface area (Å²) in [5, 5.41) is 2.89. The van der Waals surface area contributed by atoms with Crippen LogP contribution in [0.3, 0.4) is 0 Å². The van der Waals surface area contributed by atoms with Crippen LogP contribution in [0.2, 0.25) is 0 Å². The van der Waals surface area contributed by atoms with Gasteiger partial charge in [-0.3, -0.25) is 4.79 Å². The molecule has 20 heavy (non-hydrogen) atoms. The highest BCUT2D eigenvalue weighted by Crippen LogP contribution is 2.16. The zero-order chi connectivity index (χ0) is 14.5. The largest absolute Gasteiger partial charge is 0.378 e. The zero-order valence-electron chi connectivity index (χ0n) is 11.8. The highest BCUT2D eigenvalue weighted by Gasteiger charge is 2.07. The average molecular weight is 269 g/mol. The molecule has 0 saturated carbocycles. The van der Waals surface area contributed by atoms with Crippen molar-refractivity contribution in [1.29, 1.82) is 0 Å². The van der Waals surface area contributed by atoms with E-state index in [9.17, 15) is 4.79 Å². The third-order valence-electron chi connectivity index (χ3n) is 3.05. The second-order valence-electron chi connectivity index (χ2n) is 4.80. The Hall–Kier alpha value is -2.33. The predicted octanol–water partition coefficient (Wildman–Crippen LogP) is 2.46. The fourth-order valence-corrected chi connectivity index (χ4v) is 1.90. The lowest BCUT2D eigenvalue weighted by Crippen LogP contribution is -2.14. The summed E-state index contributed by atoms with van der Waals surface area (Å²) in [7, 11) is 3.89. The van der Waals surface area contributed by atoms with E-state index in [0.29, 0.717) is 12.1 Å². The van der Waals surface area contributed by atoms with Crippen LogP contribution in [0.5, 0.6) is 0 Å². The van der Waals surface area contributed by atoms with Gasteiger partial charge < -0.3 is 16.0 Å². The van der Waals surface area contributed by atoms with Crippen LogP contribution in [0.4, 0.5) is 11.4 Å². The minimum absolute atomic E-state index is 0.122. The molecule has 0 aliphatic rings. The van der Waals surface area contributed by atoms with Crippen molar-refractivity contribution < 1.29 is 4.79 Å². The van der Waals surface area contributed by atoms with Crippen LogP contribution in [0.25, 0.3) is 0 Å². The maximum Gasteiger partial charge on any atom is 0.255 e. The molecule has 0 fully saturated rings. The molecule has 0 atom stereocenters. The van der Waals surface area contributed by atoms with E-state index in [1.54, 1.807) is 6.07 Å². The first-order chi connectivity index (χ1) is 9.60. The highest BCUT2D eigenvalue weighted by atomic mass is 16.1. The van der Waals surface area contributed by atoms with Crippen molar-refractivity contribution in [3.8, 4) is 0 Å². The number of anilines is 2. The van der Waals surface area contributed by atoms with E-state index in [1.165, 1.54) is 0 Å². The SMILES string of the molecule is CN(C)c1cccc(C(=O)Nc2cccc(CN)c2)c1. The molecule has 0 radical (unpaired) electrons. The molecule has 0 aliphatic heterocycles. The number of nitrogens with zero attached hydrogens (tertiary/aromatic N) is 1. The van der Waals surface area contributed by atoms with E-state index >= 15 is 0 Å². The number of rotatable bonds is 4. The molecule has 2 aromatic rings. The number of amides is 1. The van der Waals surface area contributed by atoms with Gasteiger partial charge in [-0.1, -0.05) is 18.2 Å². The summed E-state index contributed by atoms with van der Waals surface area (Å²) in [6, 6.07) is 15.1. The lowest BCUT2D eigenvalue weighted by molar-refractivity contribution is 0.102. The normalized spacial score (nSPS) is 10.2. The van der Waals surface area contributed by atoms with Crippen LogP contribution >= 0.6 is 0 Å². The van der Waals surface area contributed by atoms with Crippen LogP contribution in [-0.4, -0.2) is 20.0 Å². The van der Waals surface area contributed by atoms with Crippen molar-refractivity contribution in [3.63, 3.8) is 0 Å². The van der Waals surface area contributed by atoms with Crippen molar-refractivity contribution in [3.05, 3.63) is 59.7 Å². The molecule has 2 aromatic carbocycles. The van der Waals surface area contributed by atoms with Gasteiger partial charge in [-0.2, -0.15) is 0 Å². The van der Waals surface area contributed by atoms with Gasteiger partial charge in [-0.15, -0.1) is 0 Å². The molecule has 0 aromatic heterocycles. The van der Waals surface area contributed by atoms with Gasteiger partial charge in [-0.05, 0) is 35.9 Å². The van der Waals surface area contributed by atoms with Gasteiger partial charge in [0.05, 0.1) is 0 Å². The number of carbonyl (C=O) groups excluding carboxylic acids is 1. The second kappa shape index (κ2) is 6.21.